The van der Waals surface area contributed by atoms with Crippen LogP contribution >= 0.6 is 0 Å². The lowest BCUT2D eigenvalue weighted by Crippen LogP contribution is -2.31. The minimum absolute atomic E-state index is 0.000154. The number of nitrogens with zero attached hydrogens (tertiary/aromatic N) is 1. The van der Waals surface area contributed by atoms with Gasteiger partial charge in [0, 0.05) is 11.4 Å². The maximum Gasteiger partial charge on any atom is 0.263 e. The third kappa shape index (κ3) is 2.45. The molecule has 2 aliphatic rings. The number of benzene rings is 2. The Bertz CT molecular complexity index is 1050. The molecule has 26 heavy (non-hydrogen) atoms. The first-order valence-electron chi connectivity index (χ1n) is 8.44. The largest absolute Gasteiger partial charge is 0.325 e. The summed E-state index contributed by atoms with van der Waals surface area (Å²) in [6, 6.07) is 13.1. The second-order valence-electron chi connectivity index (χ2n) is 6.72. The molecule has 6 nitrogen and oxygen atoms in total. The molecule has 1 spiro atoms. The molecule has 0 bridgehead atoms. The second kappa shape index (κ2) is 5.85. The molecule has 132 valence electrons. The Labute approximate surface area is 151 Å². The van der Waals surface area contributed by atoms with E-state index in [2.05, 4.69) is 10.0 Å². The van der Waals surface area contributed by atoms with Gasteiger partial charge in [-0.2, -0.15) is 5.26 Å². The molecule has 7 heteroatoms. The van der Waals surface area contributed by atoms with Crippen LogP contribution in [0.15, 0.2) is 47.4 Å². The Hall–Kier alpha value is -2.85. The van der Waals surface area contributed by atoms with Crippen molar-refractivity contribution < 1.29 is 13.2 Å². The standard InChI is InChI=1S/C19H17N3O3S/c20-12-13-5-1-2-6-17(13)26(24,25)22-14-7-8-16-15(11-14)19(18(23)21-16)9-3-4-10-19/h1-2,5-8,11,22H,3-4,9-10H2,(H,21,23). The minimum atomic E-state index is -3.90. The SMILES string of the molecule is N#Cc1ccccc1S(=O)(=O)Nc1ccc2c(c1)C1(CCCC1)C(=O)N2. The molecular weight excluding hydrogens is 350 g/mol. The van der Waals surface area contributed by atoms with E-state index in [1.54, 1.807) is 30.3 Å². The molecule has 4 rings (SSSR count). The lowest BCUT2D eigenvalue weighted by molar-refractivity contribution is -0.120. The van der Waals surface area contributed by atoms with Crippen molar-refractivity contribution in [3.05, 3.63) is 53.6 Å². The van der Waals surface area contributed by atoms with Gasteiger partial charge in [0.15, 0.2) is 0 Å². The third-order valence-electron chi connectivity index (χ3n) is 5.22. The van der Waals surface area contributed by atoms with Crippen LogP contribution < -0.4 is 10.0 Å². The van der Waals surface area contributed by atoms with Crippen molar-refractivity contribution >= 4 is 27.3 Å². The summed E-state index contributed by atoms with van der Waals surface area (Å²) in [5.74, 6) is -0.000154. The molecule has 1 aliphatic carbocycles. The second-order valence-corrected chi connectivity index (χ2v) is 8.37. The molecule has 0 radical (unpaired) electrons. The molecule has 1 saturated carbocycles. The lowest BCUT2D eigenvalue weighted by atomic mass is 9.80. The van der Waals surface area contributed by atoms with E-state index in [1.165, 1.54) is 12.1 Å². The zero-order valence-corrected chi connectivity index (χ0v) is 14.8. The van der Waals surface area contributed by atoms with Crippen LogP contribution in [0.3, 0.4) is 0 Å². The minimum Gasteiger partial charge on any atom is -0.325 e. The van der Waals surface area contributed by atoms with E-state index in [0.717, 1.165) is 36.9 Å². The maximum absolute atomic E-state index is 12.7. The molecule has 0 unspecified atom stereocenters. The summed E-state index contributed by atoms with van der Waals surface area (Å²) in [4.78, 5) is 12.4. The van der Waals surface area contributed by atoms with Crippen LogP contribution in [0.4, 0.5) is 11.4 Å². The van der Waals surface area contributed by atoms with Gasteiger partial charge in [0.25, 0.3) is 10.0 Å². The first-order valence-corrected chi connectivity index (χ1v) is 9.92. The van der Waals surface area contributed by atoms with E-state index in [4.69, 9.17) is 5.26 Å². The Morgan fingerprint density at radius 1 is 1.12 bits per heavy atom. The third-order valence-corrected chi connectivity index (χ3v) is 6.66. The van der Waals surface area contributed by atoms with Gasteiger partial charge in [-0.1, -0.05) is 25.0 Å². The van der Waals surface area contributed by atoms with Crippen LogP contribution in [0, 0.1) is 11.3 Å². The number of amides is 1. The Balaban J connectivity index is 1.72. The van der Waals surface area contributed by atoms with E-state index >= 15 is 0 Å². The number of carbonyl (C=O) groups is 1. The number of anilines is 2. The van der Waals surface area contributed by atoms with Gasteiger partial charge in [-0.05, 0) is 48.7 Å². The molecule has 1 amide bonds. The number of nitriles is 1. The number of hydrogen-bond acceptors (Lipinski definition) is 4. The van der Waals surface area contributed by atoms with Gasteiger partial charge in [-0.25, -0.2) is 8.42 Å². The van der Waals surface area contributed by atoms with E-state index < -0.39 is 15.4 Å². The van der Waals surface area contributed by atoms with Gasteiger partial charge in [0.05, 0.1) is 11.0 Å². The van der Waals surface area contributed by atoms with E-state index in [1.807, 2.05) is 6.07 Å². The predicted octanol–water partition coefficient (Wildman–Crippen LogP) is 3.12. The summed E-state index contributed by atoms with van der Waals surface area (Å²) in [6.07, 6.45) is 3.52. The van der Waals surface area contributed by atoms with Crippen LogP contribution in [0.5, 0.6) is 0 Å². The fourth-order valence-electron chi connectivity index (χ4n) is 3.96. The Morgan fingerprint density at radius 3 is 2.58 bits per heavy atom. The fourth-order valence-corrected chi connectivity index (χ4v) is 5.16. The molecule has 1 heterocycles. The monoisotopic (exact) mass is 367 g/mol. The number of sulfonamides is 1. The highest BCUT2D eigenvalue weighted by Crippen LogP contribution is 2.49. The van der Waals surface area contributed by atoms with Crippen LogP contribution in [0.2, 0.25) is 0 Å². The maximum atomic E-state index is 12.7. The molecule has 1 fully saturated rings. The number of nitrogens with one attached hydrogen (secondary N) is 2. The van der Waals surface area contributed by atoms with Crippen molar-refractivity contribution in [3.63, 3.8) is 0 Å². The van der Waals surface area contributed by atoms with E-state index in [0.29, 0.717) is 5.69 Å². The summed E-state index contributed by atoms with van der Waals surface area (Å²) < 4.78 is 28.0. The first kappa shape index (κ1) is 16.6. The summed E-state index contributed by atoms with van der Waals surface area (Å²) >= 11 is 0. The van der Waals surface area contributed by atoms with Gasteiger partial charge >= 0.3 is 0 Å². The van der Waals surface area contributed by atoms with Gasteiger partial charge in [0.2, 0.25) is 5.91 Å². The molecule has 2 aromatic carbocycles. The molecule has 0 atom stereocenters. The number of hydrogen-bond donors (Lipinski definition) is 2. The van der Waals surface area contributed by atoms with E-state index in [-0.39, 0.29) is 16.4 Å². The number of carbonyl (C=O) groups excluding carboxylic acids is 1. The first-order chi connectivity index (χ1) is 12.5. The van der Waals surface area contributed by atoms with Crippen LogP contribution in [-0.2, 0) is 20.2 Å². The summed E-state index contributed by atoms with van der Waals surface area (Å²) in [5.41, 5.74) is 1.54. The molecular formula is C19H17N3O3S. The fraction of sp³-hybridized carbons (Fsp3) is 0.263. The van der Waals surface area contributed by atoms with Gasteiger partial charge in [0.1, 0.15) is 11.0 Å². The van der Waals surface area contributed by atoms with Gasteiger partial charge in [-0.15, -0.1) is 0 Å². The van der Waals surface area contributed by atoms with Crippen molar-refractivity contribution in [1.82, 2.24) is 0 Å². The predicted molar refractivity (Wildman–Crippen MR) is 97.2 cm³/mol. The van der Waals surface area contributed by atoms with Gasteiger partial charge < -0.3 is 5.32 Å². The number of rotatable bonds is 3. The molecule has 2 N–H and O–H groups in total. The molecule has 2 aromatic rings. The normalized spacial score (nSPS) is 17.6. The van der Waals surface area contributed by atoms with Gasteiger partial charge in [-0.3, -0.25) is 9.52 Å². The summed E-state index contributed by atoms with van der Waals surface area (Å²) in [7, 11) is -3.90. The summed E-state index contributed by atoms with van der Waals surface area (Å²) in [6.45, 7) is 0. The topological polar surface area (TPSA) is 99.1 Å². The van der Waals surface area contributed by atoms with Crippen molar-refractivity contribution in [3.8, 4) is 6.07 Å². The smallest absolute Gasteiger partial charge is 0.263 e. The summed E-state index contributed by atoms with van der Waals surface area (Å²) in [5, 5.41) is 12.1. The van der Waals surface area contributed by atoms with Crippen LogP contribution in [0.25, 0.3) is 0 Å². The molecule has 0 aromatic heterocycles. The average Bonchev–Trinajstić information content (AvgIpc) is 3.22. The van der Waals surface area contributed by atoms with Crippen molar-refractivity contribution in [2.24, 2.45) is 0 Å². The van der Waals surface area contributed by atoms with Crippen molar-refractivity contribution in [2.75, 3.05) is 10.0 Å². The molecule has 0 saturated heterocycles. The highest BCUT2D eigenvalue weighted by molar-refractivity contribution is 7.92. The lowest BCUT2D eigenvalue weighted by Gasteiger charge is -2.21. The quantitative estimate of drug-likeness (QED) is 0.870. The highest BCUT2D eigenvalue weighted by Gasteiger charge is 2.48. The van der Waals surface area contributed by atoms with Crippen molar-refractivity contribution in [1.29, 1.82) is 5.26 Å². The average molecular weight is 367 g/mol. The molecule has 1 aliphatic heterocycles. The zero-order valence-electron chi connectivity index (χ0n) is 14.0. The zero-order chi connectivity index (χ0) is 18.4. The van der Waals surface area contributed by atoms with Crippen LogP contribution in [0.1, 0.15) is 36.8 Å². The highest BCUT2D eigenvalue weighted by atomic mass is 32.2. The number of fused-ring (bicyclic) bond motifs is 2. The van der Waals surface area contributed by atoms with Crippen molar-refractivity contribution in [2.45, 2.75) is 36.0 Å². The Morgan fingerprint density at radius 2 is 1.85 bits per heavy atom. The Kier molecular flexibility index (Phi) is 3.74. The van der Waals surface area contributed by atoms with Crippen LogP contribution in [-0.4, -0.2) is 14.3 Å². The van der Waals surface area contributed by atoms with E-state index in [9.17, 15) is 13.2 Å².